The van der Waals surface area contributed by atoms with E-state index in [0.29, 0.717) is 18.0 Å². The Labute approximate surface area is 129 Å². The van der Waals surface area contributed by atoms with Crippen molar-refractivity contribution in [1.29, 1.82) is 0 Å². The van der Waals surface area contributed by atoms with Crippen LogP contribution >= 0.6 is 11.3 Å². The van der Waals surface area contributed by atoms with Gasteiger partial charge in [0, 0.05) is 22.9 Å². The number of hydrogen-bond donors (Lipinski definition) is 0. The lowest BCUT2D eigenvalue weighted by Crippen LogP contribution is -2.23. The fraction of sp³-hybridized carbons (Fsp3) is 0.353. The number of nitrogens with zero attached hydrogens (tertiary/aromatic N) is 1. The summed E-state index contributed by atoms with van der Waals surface area (Å²) >= 11 is 1.75. The van der Waals surface area contributed by atoms with Crippen molar-refractivity contribution in [3.63, 3.8) is 0 Å². The second-order valence-corrected chi connectivity index (χ2v) is 6.18. The van der Waals surface area contributed by atoms with Gasteiger partial charge >= 0.3 is 0 Å². The van der Waals surface area contributed by atoms with Gasteiger partial charge in [-0.1, -0.05) is 6.07 Å². The molecule has 0 fully saturated rings. The van der Waals surface area contributed by atoms with E-state index in [2.05, 4.69) is 36.4 Å². The van der Waals surface area contributed by atoms with Gasteiger partial charge in [-0.2, -0.15) is 0 Å². The molecule has 1 atom stereocenters. The Kier molecular flexibility index (Phi) is 5.65. The number of carbonyl (C=O) groups excluding carboxylic acids is 1. The molecule has 4 heteroatoms. The molecule has 0 amide bonds. The Bertz CT molecular complexity index is 565. The monoisotopic (exact) mass is 305 g/mol. The number of hydrogen-bond acceptors (Lipinski definition) is 3. The van der Waals surface area contributed by atoms with Gasteiger partial charge in [0.1, 0.15) is 5.82 Å². The summed E-state index contributed by atoms with van der Waals surface area (Å²) in [6.45, 7) is 3.04. The molecular weight excluding hydrogens is 285 g/mol. The van der Waals surface area contributed by atoms with Gasteiger partial charge in [-0.25, -0.2) is 4.39 Å². The van der Waals surface area contributed by atoms with Crippen LogP contribution in [0.1, 0.15) is 41.0 Å². The van der Waals surface area contributed by atoms with E-state index in [1.807, 2.05) is 0 Å². The maximum absolute atomic E-state index is 12.8. The SMILES string of the molecule is CC(c1cccs1)N(C)CCCC(=O)c1ccc(F)cc1. The third-order valence-corrected chi connectivity index (χ3v) is 4.74. The Morgan fingerprint density at radius 2 is 2.00 bits per heavy atom. The summed E-state index contributed by atoms with van der Waals surface area (Å²) < 4.78 is 12.8. The zero-order chi connectivity index (χ0) is 15.2. The van der Waals surface area contributed by atoms with Crippen molar-refractivity contribution in [2.45, 2.75) is 25.8 Å². The van der Waals surface area contributed by atoms with Gasteiger partial charge in [0.05, 0.1) is 0 Å². The Morgan fingerprint density at radius 1 is 1.29 bits per heavy atom. The lowest BCUT2D eigenvalue weighted by Gasteiger charge is -2.23. The molecule has 0 saturated heterocycles. The molecule has 1 aromatic heterocycles. The van der Waals surface area contributed by atoms with Gasteiger partial charge in [0.25, 0.3) is 0 Å². The quantitative estimate of drug-likeness (QED) is 0.700. The molecule has 0 aliphatic heterocycles. The maximum Gasteiger partial charge on any atom is 0.162 e. The van der Waals surface area contributed by atoms with Crippen molar-refractivity contribution >= 4 is 17.1 Å². The molecule has 1 unspecified atom stereocenters. The number of ketones is 1. The Morgan fingerprint density at radius 3 is 2.62 bits per heavy atom. The van der Waals surface area contributed by atoms with Crippen LogP contribution in [-0.2, 0) is 0 Å². The molecule has 2 rings (SSSR count). The Hall–Kier alpha value is -1.52. The molecular formula is C17H20FNOS. The normalized spacial score (nSPS) is 12.6. The third kappa shape index (κ3) is 4.48. The summed E-state index contributed by atoms with van der Waals surface area (Å²) in [5.41, 5.74) is 0.588. The first kappa shape index (κ1) is 15.9. The minimum absolute atomic E-state index is 0.0761. The highest BCUT2D eigenvalue weighted by Gasteiger charge is 2.13. The topological polar surface area (TPSA) is 20.3 Å². The van der Waals surface area contributed by atoms with Crippen LogP contribution in [0.3, 0.4) is 0 Å². The van der Waals surface area contributed by atoms with Gasteiger partial charge in [-0.3, -0.25) is 9.69 Å². The van der Waals surface area contributed by atoms with E-state index in [-0.39, 0.29) is 11.6 Å². The second-order valence-electron chi connectivity index (χ2n) is 5.21. The average molecular weight is 305 g/mol. The molecule has 112 valence electrons. The highest BCUT2D eigenvalue weighted by Crippen LogP contribution is 2.23. The first-order valence-electron chi connectivity index (χ1n) is 7.10. The van der Waals surface area contributed by atoms with Gasteiger partial charge < -0.3 is 0 Å². The summed E-state index contributed by atoms with van der Waals surface area (Å²) in [6.07, 6.45) is 1.30. The molecule has 0 saturated carbocycles. The summed E-state index contributed by atoms with van der Waals surface area (Å²) in [6, 6.07) is 10.3. The summed E-state index contributed by atoms with van der Waals surface area (Å²) in [4.78, 5) is 15.6. The van der Waals surface area contributed by atoms with Crippen LogP contribution in [-0.4, -0.2) is 24.3 Å². The molecule has 0 spiro atoms. The number of Topliss-reactive ketones (excluding diaryl/α,β-unsaturated/α-hetero) is 1. The molecule has 0 radical (unpaired) electrons. The molecule has 0 aliphatic rings. The van der Waals surface area contributed by atoms with E-state index in [4.69, 9.17) is 0 Å². The first-order valence-corrected chi connectivity index (χ1v) is 7.98. The van der Waals surface area contributed by atoms with Crippen molar-refractivity contribution < 1.29 is 9.18 Å². The number of benzene rings is 1. The number of rotatable bonds is 7. The first-order chi connectivity index (χ1) is 10.1. The molecule has 2 nitrogen and oxygen atoms in total. The van der Waals surface area contributed by atoms with Crippen LogP contribution in [0.15, 0.2) is 41.8 Å². The molecule has 1 heterocycles. The van der Waals surface area contributed by atoms with E-state index in [1.54, 1.807) is 23.5 Å². The van der Waals surface area contributed by atoms with Gasteiger partial charge in [0.15, 0.2) is 5.78 Å². The molecule has 21 heavy (non-hydrogen) atoms. The third-order valence-electron chi connectivity index (χ3n) is 3.70. The zero-order valence-corrected chi connectivity index (χ0v) is 13.2. The van der Waals surface area contributed by atoms with Crippen LogP contribution in [0, 0.1) is 5.82 Å². The van der Waals surface area contributed by atoms with Crippen molar-refractivity contribution in [2.75, 3.05) is 13.6 Å². The van der Waals surface area contributed by atoms with Crippen molar-refractivity contribution in [3.8, 4) is 0 Å². The minimum atomic E-state index is -0.309. The standard InChI is InChI=1S/C17H20FNOS/c1-13(17-6-4-12-21-17)19(2)11-3-5-16(20)14-7-9-15(18)10-8-14/h4,6-10,12-13H,3,5,11H2,1-2H3. The average Bonchev–Trinajstić information content (AvgIpc) is 3.01. The van der Waals surface area contributed by atoms with Crippen LogP contribution in [0.25, 0.3) is 0 Å². The maximum atomic E-state index is 12.8. The number of halogens is 1. The van der Waals surface area contributed by atoms with Crippen molar-refractivity contribution in [2.24, 2.45) is 0 Å². The second kappa shape index (κ2) is 7.48. The van der Waals surface area contributed by atoms with E-state index in [9.17, 15) is 9.18 Å². The molecule has 0 bridgehead atoms. The molecule has 2 aromatic rings. The fourth-order valence-electron chi connectivity index (χ4n) is 2.21. The highest BCUT2D eigenvalue weighted by molar-refractivity contribution is 7.10. The summed E-state index contributed by atoms with van der Waals surface area (Å²) in [5, 5.41) is 2.08. The van der Waals surface area contributed by atoms with Crippen LogP contribution < -0.4 is 0 Å². The minimum Gasteiger partial charge on any atom is -0.299 e. The lowest BCUT2D eigenvalue weighted by atomic mass is 10.1. The van der Waals surface area contributed by atoms with E-state index < -0.39 is 0 Å². The van der Waals surface area contributed by atoms with Crippen molar-refractivity contribution in [1.82, 2.24) is 4.90 Å². The van der Waals surface area contributed by atoms with E-state index in [0.717, 1.165) is 13.0 Å². The zero-order valence-electron chi connectivity index (χ0n) is 12.4. The van der Waals surface area contributed by atoms with Crippen molar-refractivity contribution in [3.05, 3.63) is 58.0 Å². The fourth-order valence-corrected chi connectivity index (χ4v) is 3.06. The van der Waals surface area contributed by atoms with Crippen LogP contribution in [0.2, 0.25) is 0 Å². The van der Waals surface area contributed by atoms with E-state index >= 15 is 0 Å². The number of carbonyl (C=O) groups is 1. The molecule has 1 aromatic carbocycles. The lowest BCUT2D eigenvalue weighted by molar-refractivity contribution is 0.0974. The molecule has 0 N–H and O–H groups in total. The van der Waals surface area contributed by atoms with E-state index in [1.165, 1.54) is 17.0 Å². The van der Waals surface area contributed by atoms with Gasteiger partial charge in [0.2, 0.25) is 0 Å². The number of thiophene rings is 1. The largest absolute Gasteiger partial charge is 0.299 e. The summed E-state index contributed by atoms with van der Waals surface area (Å²) in [5.74, 6) is -0.233. The summed E-state index contributed by atoms with van der Waals surface area (Å²) in [7, 11) is 2.08. The van der Waals surface area contributed by atoms with Gasteiger partial charge in [-0.05, 0) is 62.6 Å². The predicted octanol–water partition coefficient (Wildman–Crippen LogP) is 4.54. The predicted molar refractivity (Wildman–Crippen MR) is 85.3 cm³/mol. The Balaban J connectivity index is 1.78. The van der Waals surface area contributed by atoms with Crippen LogP contribution in [0.5, 0.6) is 0 Å². The highest BCUT2D eigenvalue weighted by atomic mass is 32.1. The van der Waals surface area contributed by atoms with Crippen LogP contribution in [0.4, 0.5) is 4.39 Å². The van der Waals surface area contributed by atoms with Gasteiger partial charge in [-0.15, -0.1) is 11.3 Å². The molecule has 0 aliphatic carbocycles. The smallest absolute Gasteiger partial charge is 0.162 e.